The van der Waals surface area contributed by atoms with Crippen molar-refractivity contribution in [2.75, 3.05) is 5.75 Å². The van der Waals surface area contributed by atoms with Crippen molar-refractivity contribution in [3.05, 3.63) is 29.8 Å². The maximum atomic E-state index is 9.10. The van der Waals surface area contributed by atoms with E-state index in [1.165, 1.54) is 4.90 Å². The molecule has 0 radical (unpaired) electrons. The average Bonchev–Trinajstić information content (AvgIpc) is 2.18. The van der Waals surface area contributed by atoms with Gasteiger partial charge in [-0.3, -0.25) is 0 Å². The number of hydrogen-bond acceptors (Lipinski definition) is 3. The van der Waals surface area contributed by atoms with Crippen LogP contribution in [0, 0.1) is 0 Å². The van der Waals surface area contributed by atoms with Gasteiger partial charge in [0.15, 0.2) is 0 Å². The molecule has 0 fully saturated rings. The number of aliphatic hydroxyl groups is 1. The molecule has 0 aromatic heterocycles. The summed E-state index contributed by atoms with van der Waals surface area (Å²) < 4.78 is 0. The maximum Gasteiger partial charge on any atom is 0.0520 e. The van der Waals surface area contributed by atoms with Crippen molar-refractivity contribution in [1.82, 2.24) is 0 Å². The predicted molar refractivity (Wildman–Crippen MR) is 61.4 cm³/mol. The summed E-state index contributed by atoms with van der Waals surface area (Å²) in [4.78, 5) is 1.23. The van der Waals surface area contributed by atoms with Gasteiger partial charge in [-0.15, -0.1) is 11.8 Å². The second-order valence-electron chi connectivity index (χ2n) is 3.34. The summed E-state index contributed by atoms with van der Waals surface area (Å²) in [5.74, 6) is 0.950. The highest BCUT2D eigenvalue weighted by molar-refractivity contribution is 7.99. The molecular formula is C11H17NOS. The molecule has 1 atom stereocenters. The zero-order valence-corrected chi connectivity index (χ0v) is 9.26. The molecule has 3 N–H and O–H groups in total. The van der Waals surface area contributed by atoms with Gasteiger partial charge in [0.2, 0.25) is 0 Å². The minimum Gasteiger partial charge on any atom is -0.393 e. The second kappa shape index (κ2) is 6.06. The Labute approximate surface area is 89.5 Å². The minimum atomic E-state index is -0.208. The summed E-state index contributed by atoms with van der Waals surface area (Å²) in [6.07, 6.45) is 0.623. The monoisotopic (exact) mass is 211 g/mol. The van der Waals surface area contributed by atoms with E-state index in [0.29, 0.717) is 6.54 Å². The van der Waals surface area contributed by atoms with Gasteiger partial charge in [-0.2, -0.15) is 0 Å². The van der Waals surface area contributed by atoms with Crippen LogP contribution in [0.4, 0.5) is 0 Å². The van der Waals surface area contributed by atoms with Crippen LogP contribution in [0.25, 0.3) is 0 Å². The van der Waals surface area contributed by atoms with E-state index in [1.807, 2.05) is 19.1 Å². The van der Waals surface area contributed by atoms with Crippen LogP contribution in [0.3, 0.4) is 0 Å². The van der Waals surface area contributed by atoms with Crippen LogP contribution in [0.5, 0.6) is 0 Å². The van der Waals surface area contributed by atoms with E-state index in [2.05, 4.69) is 12.1 Å². The summed E-state index contributed by atoms with van der Waals surface area (Å²) >= 11 is 1.76. The van der Waals surface area contributed by atoms with Crippen molar-refractivity contribution in [2.45, 2.75) is 30.9 Å². The SMILES string of the molecule is CC(O)CCSc1cccc(CN)c1. The highest BCUT2D eigenvalue weighted by atomic mass is 32.2. The first-order valence-corrected chi connectivity index (χ1v) is 5.81. The molecule has 3 heteroatoms. The largest absolute Gasteiger partial charge is 0.393 e. The van der Waals surface area contributed by atoms with Crippen molar-refractivity contribution >= 4 is 11.8 Å². The smallest absolute Gasteiger partial charge is 0.0520 e. The van der Waals surface area contributed by atoms with E-state index >= 15 is 0 Å². The van der Waals surface area contributed by atoms with Gasteiger partial charge in [0.25, 0.3) is 0 Å². The maximum absolute atomic E-state index is 9.10. The van der Waals surface area contributed by atoms with Gasteiger partial charge in [-0.25, -0.2) is 0 Å². The van der Waals surface area contributed by atoms with E-state index in [4.69, 9.17) is 10.8 Å². The first-order valence-electron chi connectivity index (χ1n) is 4.82. The number of thioether (sulfide) groups is 1. The Morgan fingerprint density at radius 1 is 1.50 bits per heavy atom. The quantitative estimate of drug-likeness (QED) is 0.732. The van der Waals surface area contributed by atoms with Gasteiger partial charge in [0.1, 0.15) is 0 Å². The van der Waals surface area contributed by atoms with Crippen LogP contribution in [-0.2, 0) is 6.54 Å². The summed E-state index contributed by atoms with van der Waals surface area (Å²) in [5, 5.41) is 9.10. The van der Waals surface area contributed by atoms with Crippen LogP contribution in [0.1, 0.15) is 18.9 Å². The molecule has 1 unspecified atom stereocenters. The Hall–Kier alpha value is -0.510. The fourth-order valence-corrected chi connectivity index (χ4v) is 2.21. The molecule has 0 bridgehead atoms. The molecule has 0 saturated carbocycles. The number of nitrogens with two attached hydrogens (primary N) is 1. The molecule has 1 aromatic rings. The third-order valence-corrected chi connectivity index (χ3v) is 2.97. The molecule has 2 nitrogen and oxygen atoms in total. The van der Waals surface area contributed by atoms with Crippen LogP contribution in [-0.4, -0.2) is 17.0 Å². The summed E-state index contributed by atoms with van der Waals surface area (Å²) in [5.41, 5.74) is 6.71. The Balaban J connectivity index is 2.42. The van der Waals surface area contributed by atoms with Crippen LogP contribution in [0.15, 0.2) is 29.2 Å². The predicted octanol–water partition coefficient (Wildman–Crippen LogP) is 2.01. The first kappa shape index (κ1) is 11.6. The van der Waals surface area contributed by atoms with Gasteiger partial charge < -0.3 is 10.8 Å². The van der Waals surface area contributed by atoms with Gasteiger partial charge in [0.05, 0.1) is 6.10 Å². The number of rotatable bonds is 5. The lowest BCUT2D eigenvalue weighted by atomic mass is 10.2. The lowest BCUT2D eigenvalue weighted by Gasteiger charge is -2.05. The highest BCUT2D eigenvalue weighted by Gasteiger charge is 1.98. The van der Waals surface area contributed by atoms with Gasteiger partial charge >= 0.3 is 0 Å². The topological polar surface area (TPSA) is 46.2 Å². The fraction of sp³-hybridized carbons (Fsp3) is 0.455. The standard InChI is InChI=1S/C11H17NOS/c1-9(13)5-6-14-11-4-2-3-10(7-11)8-12/h2-4,7,9,13H,5-6,8,12H2,1H3. The first-order chi connectivity index (χ1) is 6.72. The van der Waals surface area contributed by atoms with Gasteiger partial charge in [-0.05, 0) is 31.0 Å². The van der Waals surface area contributed by atoms with Crippen molar-refractivity contribution < 1.29 is 5.11 Å². The van der Waals surface area contributed by atoms with E-state index in [-0.39, 0.29) is 6.10 Å². The zero-order chi connectivity index (χ0) is 10.4. The second-order valence-corrected chi connectivity index (χ2v) is 4.51. The van der Waals surface area contributed by atoms with Crippen molar-refractivity contribution in [2.24, 2.45) is 5.73 Å². The molecule has 0 amide bonds. The summed E-state index contributed by atoms with van der Waals surface area (Å²) in [7, 11) is 0. The van der Waals surface area contributed by atoms with Crippen LogP contribution in [0.2, 0.25) is 0 Å². The Bertz CT molecular complexity index is 276. The molecule has 0 aliphatic carbocycles. The minimum absolute atomic E-state index is 0.208. The van der Waals surface area contributed by atoms with Crippen LogP contribution < -0.4 is 5.73 Å². The average molecular weight is 211 g/mol. The van der Waals surface area contributed by atoms with E-state index in [1.54, 1.807) is 11.8 Å². The van der Waals surface area contributed by atoms with E-state index < -0.39 is 0 Å². The Morgan fingerprint density at radius 2 is 2.29 bits per heavy atom. The molecule has 0 aliphatic rings. The lowest BCUT2D eigenvalue weighted by Crippen LogP contribution is -2.00. The van der Waals surface area contributed by atoms with Crippen molar-refractivity contribution in [3.8, 4) is 0 Å². The Morgan fingerprint density at radius 3 is 2.93 bits per heavy atom. The normalized spacial score (nSPS) is 12.8. The molecular weight excluding hydrogens is 194 g/mol. The van der Waals surface area contributed by atoms with E-state index in [9.17, 15) is 0 Å². The number of hydrogen-bond donors (Lipinski definition) is 2. The third kappa shape index (κ3) is 4.13. The molecule has 0 spiro atoms. The molecule has 14 heavy (non-hydrogen) atoms. The third-order valence-electron chi connectivity index (χ3n) is 1.94. The van der Waals surface area contributed by atoms with Crippen LogP contribution >= 0.6 is 11.8 Å². The van der Waals surface area contributed by atoms with Gasteiger partial charge in [-0.1, -0.05) is 12.1 Å². The van der Waals surface area contributed by atoms with Crippen molar-refractivity contribution in [1.29, 1.82) is 0 Å². The lowest BCUT2D eigenvalue weighted by molar-refractivity contribution is 0.192. The van der Waals surface area contributed by atoms with Gasteiger partial charge in [0, 0.05) is 17.2 Å². The molecule has 1 aromatic carbocycles. The Kier molecular flexibility index (Phi) is 5.01. The van der Waals surface area contributed by atoms with Crippen molar-refractivity contribution in [3.63, 3.8) is 0 Å². The number of aliphatic hydroxyl groups excluding tert-OH is 1. The highest BCUT2D eigenvalue weighted by Crippen LogP contribution is 2.20. The molecule has 0 saturated heterocycles. The van der Waals surface area contributed by atoms with E-state index in [0.717, 1.165) is 17.7 Å². The molecule has 78 valence electrons. The zero-order valence-electron chi connectivity index (χ0n) is 8.44. The molecule has 0 aliphatic heterocycles. The summed E-state index contributed by atoms with van der Waals surface area (Å²) in [6.45, 7) is 2.40. The summed E-state index contributed by atoms with van der Waals surface area (Å²) in [6, 6.07) is 8.23. The molecule has 1 rings (SSSR count). The fourth-order valence-electron chi connectivity index (χ4n) is 1.11. The number of benzene rings is 1. The molecule has 0 heterocycles.